The number of rotatable bonds is 36. The lowest BCUT2D eigenvalue weighted by molar-refractivity contribution is -0.161. The molecule has 6 nitrogen and oxygen atoms in total. The van der Waals surface area contributed by atoms with Gasteiger partial charge in [0.1, 0.15) is 0 Å². The van der Waals surface area contributed by atoms with Gasteiger partial charge in [0, 0.05) is 12.8 Å². The highest BCUT2D eigenvalue weighted by molar-refractivity contribution is 7.15. The van der Waals surface area contributed by atoms with Crippen molar-refractivity contribution in [2.75, 3.05) is 6.61 Å². The Morgan fingerprint density at radius 1 is 0.478 bits per heavy atom. The number of aliphatic hydroxyl groups is 1. The average Bonchev–Trinajstić information content (AvgIpc) is 3.04. The maximum atomic E-state index is 13.1. The highest BCUT2D eigenvalue weighted by Gasteiger charge is 2.50. The third-order valence-corrected chi connectivity index (χ3v) is 10.5. The van der Waals surface area contributed by atoms with Crippen molar-refractivity contribution in [3.63, 3.8) is 0 Å². The minimum atomic E-state index is -2.22. The number of Topliss-reactive ketones (excluding diaryl/α,β-unsaturated/α-hetero) is 1. The van der Waals surface area contributed by atoms with Crippen LogP contribution in [0.2, 0.25) is 0 Å². The van der Waals surface area contributed by atoms with Crippen LogP contribution >= 0.6 is 9.39 Å². The molecule has 7 heteroatoms. The zero-order chi connectivity index (χ0) is 34.1. The van der Waals surface area contributed by atoms with Crippen LogP contribution in [0.25, 0.3) is 0 Å². The van der Waals surface area contributed by atoms with E-state index in [4.69, 9.17) is 0 Å². The van der Waals surface area contributed by atoms with Crippen molar-refractivity contribution >= 4 is 27.1 Å². The van der Waals surface area contributed by atoms with Crippen LogP contribution in [0.4, 0.5) is 0 Å². The van der Waals surface area contributed by atoms with Gasteiger partial charge in [-0.3, -0.25) is 9.59 Å². The molecule has 0 aromatic heterocycles. The fourth-order valence-corrected chi connectivity index (χ4v) is 6.90. The second kappa shape index (κ2) is 32.5. The van der Waals surface area contributed by atoms with Crippen molar-refractivity contribution in [3.05, 3.63) is 0 Å². The van der Waals surface area contributed by atoms with Crippen LogP contribution in [-0.4, -0.2) is 44.7 Å². The van der Waals surface area contributed by atoms with E-state index in [0.717, 1.165) is 43.2 Å². The van der Waals surface area contributed by atoms with Crippen molar-refractivity contribution in [3.8, 4) is 0 Å². The minimum absolute atomic E-state index is 0.0578. The quantitative estimate of drug-likeness (QED) is 0.0393. The number of aliphatic carboxylic acids is 1. The van der Waals surface area contributed by atoms with E-state index in [9.17, 15) is 24.6 Å². The average molecular weight is 670 g/mol. The third kappa shape index (κ3) is 22.5. The Morgan fingerprint density at radius 2 is 0.739 bits per heavy atom. The van der Waals surface area contributed by atoms with Gasteiger partial charge < -0.3 is 14.9 Å². The van der Waals surface area contributed by atoms with E-state index in [2.05, 4.69) is 23.2 Å². The minimum Gasteiger partial charge on any atom is -0.479 e. The number of nitrogens with zero attached hydrogens (tertiary/aromatic N) is 1. The van der Waals surface area contributed by atoms with E-state index in [1.165, 1.54) is 141 Å². The van der Waals surface area contributed by atoms with Gasteiger partial charge >= 0.3 is 5.97 Å². The van der Waals surface area contributed by atoms with Gasteiger partial charge in [0.25, 0.3) is 0 Å². The van der Waals surface area contributed by atoms with E-state index in [1.807, 2.05) is 0 Å². The fraction of sp³-hybridized carbons (Fsp3) is 0.923. The van der Waals surface area contributed by atoms with Gasteiger partial charge in [0.2, 0.25) is 11.4 Å². The Kier molecular flexibility index (Phi) is 31.8. The van der Waals surface area contributed by atoms with Crippen molar-refractivity contribution in [2.24, 2.45) is 0 Å². The smallest absolute Gasteiger partial charge is 0.340 e. The Labute approximate surface area is 287 Å². The number of carboxylic acid groups (broad SMARTS) is 1. The topological polar surface area (TPSA) is 94.9 Å². The Bertz CT molecular complexity index is 733. The molecule has 0 aromatic carbocycles. The number of amides is 1. The van der Waals surface area contributed by atoms with Crippen molar-refractivity contribution in [2.45, 2.75) is 225 Å². The first-order valence-electron chi connectivity index (χ1n) is 19.8. The zero-order valence-corrected chi connectivity index (χ0v) is 31.6. The number of carboxylic acids is 1. The highest BCUT2D eigenvalue weighted by atomic mass is 31.0. The van der Waals surface area contributed by atoms with Gasteiger partial charge in [-0.1, -0.05) is 194 Å². The molecule has 0 aromatic rings. The first-order valence-corrected chi connectivity index (χ1v) is 20.3. The molecule has 0 aliphatic carbocycles. The molecule has 0 radical (unpaired) electrons. The van der Waals surface area contributed by atoms with Crippen LogP contribution < -0.4 is 0 Å². The molecular formula is C39H76NO5P. The predicted molar refractivity (Wildman–Crippen MR) is 198 cm³/mol. The second-order valence-electron chi connectivity index (χ2n) is 13.9. The SMILES string of the molecule is CCCCCCCCCCCCCCCCCC(=O)N(P)[C@](CO)(C(=O)O)C(=O)CCCCCCCCCCCCCCCCC. The Hall–Kier alpha value is -1.00. The molecular weight excluding hydrogens is 593 g/mol. The first-order chi connectivity index (χ1) is 22.4. The van der Waals surface area contributed by atoms with E-state index in [1.54, 1.807) is 0 Å². The lowest BCUT2D eigenvalue weighted by Gasteiger charge is -2.35. The summed E-state index contributed by atoms with van der Waals surface area (Å²) in [4.78, 5) is 38.2. The highest BCUT2D eigenvalue weighted by Crippen LogP contribution is 2.27. The van der Waals surface area contributed by atoms with Crippen LogP contribution in [0.5, 0.6) is 0 Å². The number of carbonyl (C=O) groups is 3. The molecule has 2 atom stereocenters. The fourth-order valence-electron chi connectivity index (χ4n) is 6.43. The lowest BCUT2D eigenvalue weighted by atomic mass is 9.90. The summed E-state index contributed by atoms with van der Waals surface area (Å²) < 4.78 is 0.923. The van der Waals surface area contributed by atoms with Crippen LogP contribution in [0, 0.1) is 0 Å². The second-order valence-corrected chi connectivity index (χ2v) is 14.4. The molecule has 0 bridgehead atoms. The van der Waals surface area contributed by atoms with Gasteiger partial charge in [-0.15, -0.1) is 0 Å². The molecule has 0 aliphatic heterocycles. The lowest BCUT2D eigenvalue weighted by Crippen LogP contribution is -2.60. The maximum Gasteiger partial charge on any atom is 0.340 e. The molecule has 1 amide bonds. The molecule has 0 saturated heterocycles. The summed E-state index contributed by atoms with van der Waals surface area (Å²) in [6.45, 7) is 3.60. The van der Waals surface area contributed by atoms with E-state index >= 15 is 0 Å². The van der Waals surface area contributed by atoms with Crippen molar-refractivity contribution < 1.29 is 24.6 Å². The molecule has 46 heavy (non-hydrogen) atoms. The normalized spacial score (nSPS) is 12.7. The first kappa shape index (κ1) is 45.0. The molecule has 0 rings (SSSR count). The molecule has 0 spiro atoms. The van der Waals surface area contributed by atoms with Crippen LogP contribution in [0.1, 0.15) is 219 Å². The number of aliphatic hydroxyl groups excluding tert-OH is 1. The predicted octanol–water partition coefficient (Wildman–Crippen LogP) is 11.5. The zero-order valence-electron chi connectivity index (χ0n) is 30.5. The molecule has 272 valence electrons. The third-order valence-electron chi connectivity index (χ3n) is 9.73. The largest absolute Gasteiger partial charge is 0.479 e. The molecule has 0 saturated carbocycles. The summed E-state index contributed by atoms with van der Waals surface area (Å²) >= 11 is 0. The van der Waals surface area contributed by atoms with Gasteiger partial charge in [-0.25, -0.2) is 4.79 Å². The van der Waals surface area contributed by atoms with Crippen LogP contribution in [0.15, 0.2) is 0 Å². The Balaban J connectivity index is 4.06. The molecule has 0 aliphatic rings. The van der Waals surface area contributed by atoms with Crippen molar-refractivity contribution in [1.29, 1.82) is 0 Å². The van der Waals surface area contributed by atoms with Crippen molar-refractivity contribution in [1.82, 2.24) is 4.67 Å². The van der Waals surface area contributed by atoms with E-state index in [-0.39, 0.29) is 12.8 Å². The van der Waals surface area contributed by atoms with Crippen LogP contribution in [0.3, 0.4) is 0 Å². The van der Waals surface area contributed by atoms with Gasteiger partial charge in [-0.2, -0.15) is 0 Å². The Morgan fingerprint density at radius 3 is 1.00 bits per heavy atom. The maximum absolute atomic E-state index is 13.1. The molecule has 1 unspecified atom stereocenters. The summed E-state index contributed by atoms with van der Waals surface area (Å²) in [6.07, 6.45) is 36.9. The van der Waals surface area contributed by atoms with Gasteiger partial charge in [0.05, 0.1) is 6.61 Å². The number of carbonyl (C=O) groups excluding carboxylic acids is 2. The number of unbranched alkanes of at least 4 members (excludes halogenated alkanes) is 28. The monoisotopic (exact) mass is 670 g/mol. The standard InChI is InChI=1S/C39H76NO5P/c1-3-5-7-9-11-13-15-17-19-21-23-25-27-29-31-33-36(42)39(35-41,38(44)45)40(46)37(43)34-32-30-28-26-24-22-20-18-16-14-12-10-8-6-4-2/h41H,3-35,46H2,1-2H3,(H,44,45)/t39-/m0/s1. The summed E-state index contributed by atoms with van der Waals surface area (Å²) in [5.41, 5.74) is -2.22. The number of hydrogen-bond donors (Lipinski definition) is 2. The summed E-state index contributed by atoms with van der Waals surface area (Å²) in [7, 11) is 2.13. The molecule has 0 heterocycles. The number of ketones is 1. The molecule has 0 fully saturated rings. The van der Waals surface area contributed by atoms with Gasteiger partial charge in [-0.05, 0) is 22.2 Å². The summed E-state index contributed by atoms with van der Waals surface area (Å²) in [6, 6.07) is 0. The summed E-state index contributed by atoms with van der Waals surface area (Å²) in [5, 5.41) is 20.0. The van der Waals surface area contributed by atoms with Crippen LogP contribution in [-0.2, 0) is 14.4 Å². The molecule has 2 N–H and O–H groups in total. The number of hydrogen-bond acceptors (Lipinski definition) is 4. The van der Waals surface area contributed by atoms with E-state index < -0.39 is 29.8 Å². The summed E-state index contributed by atoms with van der Waals surface area (Å²) in [5.74, 6) is -2.46. The van der Waals surface area contributed by atoms with E-state index in [0.29, 0.717) is 12.8 Å². The van der Waals surface area contributed by atoms with Gasteiger partial charge in [0.15, 0.2) is 5.78 Å².